The van der Waals surface area contributed by atoms with Gasteiger partial charge in [0.15, 0.2) is 0 Å². The summed E-state index contributed by atoms with van der Waals surface area (Å²) in [5.74, 6) is 0. The number of aliphatic hydroxyl groups excluding tert-OH is 1. The van der Waals surface area contributed by atoms with Crippen molar-refractivity contribution in [1.82, 2.24) is 10.3 Å². The topological polar surface area (TPSA) is 45.1 Å². The van der Waals surface area contributed by atoms with Crippen molar-refractivity contribution in [2.75, 3.05) is 6.54 Å². The monoisotopic (exact) mass is 308 g/mol. The van der Waals surface area contributed by atoms with E-state index < -0.39 is 0 Å². The third-order valence-electron chi connectivity index (χ3n) is 2.97. The molecule has 0 saturated carbocycles. The summed E-state index contributed by atoms with van der Waals surface area (Å²) in [5, 5.41) is 13.9. The molecule has 0 spiro atoms. The molecule has 0 fully saturated rings. The fourth-order valence-electron chi connectivity index (χ4n) is 1.86. The van der Waals surface area contributed by atoms with Crippen molar-refractivity contribution in [3.05, 3.63) is 40.5 Å². The van der Waals surface area contributed by atoms with Gasteiger partial charge in [-0.05, 0) is 24.1 Å². The molecule has 1 heterocycles. The maximum absolute atomic E-state index is 9.51. The SMILES string of the molecule is CCC(O)CNCc1ccc(Br)c2cccnc12. The van der Waals surface area contributed by atoms with Gasteiger partial charge in [0.2, 0.25) is 0 Å². The number of aromatic nitrogens is 1. The lowest BCUT2D eigenvalue weighted by atomic mass is 10.1. The Bertz CT molecular complexity index is 530. The van der Waals surface area contributed by atoms with Crippen molar-refractivity contribution in [3.63, 3.8) is 0 Å². The van der Waals surface area contributed by atoms with Crippen LogP contribution in [0.1, 0.15) is 18.9 Å². The number of hydrogen-bond acceptors (Lipinski definition) is 3. The van der Waals surface area contributed by atoms with E-state index >= 15 is 0 Å². The van der Waals surface area contributed by atoms with Crippen molar-refractivity contribution >= 4 is 26.8 Å². The zero-order valence-corrected chi connectivity index (χ0v) is 11.9. The van der Waals surface area contributed by atoms with Gasteiger partial charge in [0.1, 0.15) is 0 Å². The Labute approximate surface area is 115 Å². The third-order valence-corrected chi connectivity index (χ3v) is 3.66. The molecular weight excluding hydrogens is 292 g/mol. The number of nitrogens with one attached hydrogen (secondary N) is 1. The van der Waals surface area contributed by atoms with Gasteiger partial charge in [-0.25, -0.2) is 0 Å². The largest absolute Gasteiger partial charge is 0.392 e. The molecule has 0 aliphatic carbocycles. The van der Waals surface area contributed by atoms with Gasteiger partial charge in [0.25, 0.3) is 0 Å². The second-order valence-corrected chi connectivity index (χ2v) is 5.15. The molecule has 1 unspecified atom stereocenters. The van der Waals surface area contributed by atoms with Crippen molar-refractivity contribution in [3.8, 4) is 0 Å². The van der Waals surface area contributed by atoms with Crippen LogP contribution in [0, 0.1) is 0 Å². The van der Waals surface area contributed by atoms with E-state index in [1.54, 1.807) is 6.20 Å². The number of rotatable bonds is 5. The van der Waals surface area contributed by atoms with E-state index in [0.29, 0.717) is 6.54 Å². The Morgan fingerprint density at radius 3 is 3.00 bits per heavy atom. The van der Waals surface area contributed by atoms with E-state index in [1.807, 2.05) is 19.1 Å². The molecule has 18 heavy (non-hydrogen) atoms. The van der Waals surface area contributed by atoms with Gasteiger partial charge in [0, 0.05) is 29.1 Å². The minimum absolute atomic E-state index is 0.278. The van der Waals surface area contributed by atoms with Crippen LogP contribution in [0.3, 0.4) is 0 Å². The summed E-state index contributed by atoms with van der Waals surface area (Å²) in [4.78, 5) is 4.43. The average Bonchev–Trinajstić information content (AvgIpc) is 2.41. The van der Waals surface area contributed by atoms with Gasteiger partial charge in [-0.2, -0.15) is 0 Å². The number of hydrogen-bond donors (Lipinski definition) is 2. The van der Waals surface area contributed by atoms with Crippen LogP contribution >= 0.6 is 15.9 Å². The Hall–Kier alpha value is -0.970. The van der Waals surface area contributed by atoms with E-state index in [-0.39, 0.29) is 6.10 Å². The maximum atomic E-state index is 9.51. The predicted molar refractivity (Wildman–Crippen MR) is 77.4 cm³/mol. The number of benzene rings is 1. The lowest BCUT2D eigenvalue weighted by Crippen LogP contribution is -2.25. The van der Waals surface area contributed by atoms with Crippen molar-refractivity contribution in [1.29, 1.82) is 0 Å². The van der Waals surface area contributed by atoms with Crippen LogP contribution in [0.25, 0.3) is 10.9 Å². The number of halogens is 1. The molecule has 1 aromatic heterocycles. The minimum Gasteiger partial charge on any atom is -0.392 e. The van der Waals surface area contributed by atoms with E-state index in [9.17, 15) is 5.11 Å². The van der Waals surface area contributed by atoms with Crippen LogP contribution in [-0.2, 0) is 6.54 Å². The highest BCUT2D eigenvalue weighted by Gasteiger charge is 2.06. The molecule has 2 aromatic rings. The Kier molecular flexibility index (Phi) is 4.69. The van der Waals surface area contributed by atoms with Gasteiger partial charge >= 0.3 is 0 Å². The van der Waals surface area contributed by atoms with Crippen LogP contribution in [-0.4, -0.2) is 22.7 Å². The molecular formula is C14H17BrN2O. The standard InChI is InChI=1S/C14H17BrN2O/c1-2-11(18)9-16-8-10-5-6-13(15)12-4-3-7-17-14(10)12/h3-7,11,16,18H,2,8-9H2,1H3. The summed E-state index contributed by atoms with van der Waals surface area (Å²) in [6.45, 7) is 3.31. The van der Waals surface area contributed by atoms with Crippen molar-refractivity contribution in [2.45, 2.75) is 26.0 Å². The normalized spacial score (nSPS) is 12.8. The highest BCUT2D eigenvalue weighted by Crippen LogP contribution is 2.24. The maximum Gasteiger partial charge on any atom is 0.0758 e. The van der Waals surface area contributed by atoms with Crippen LogP contribution in [0.15, 0.2) is 34.9 Å². The van der Waals surface area contributed by atoms with Gasteiger partial charge in [0.05, 0.1) is 11.6 Å². The lowest BCUT2D eigenvalue weighted by Gasteiger charge is -2.11. The number of nitrogens with zero attached hydrogens (tertiary/aromatic N) is 1. The molecule has 0 bridgehead atoms. The molecule has 1 aromatic carbocycles. The summed E-state index contributed by atoms with van der Waals surface area (Å²) in [5.41, 5.74) is 2.16. The van der Waals surface area contributed by atoms with E-state index in [2.05, 4.69) is 38.4 Å². The van der Waals surface area contributed by atoms with Gasteiger partial charge < -0.3 is 10.4 Å². The second-order valence-electron chi connectivity index (χ2n) is 4.30. The zero-order chi connectivity index (χ0) is 13.0. The summed E-state index contributed by atoms with van der Waals surface area (Å²) < 4.78 is 1.06. The lowest BCUT2D eigenvalue weighted by molar-refractivity contribution is 0.167. The van der Waals surface area contributed by atoms with Crippen molar-refractivity contribution in [2.24, 2.45) is 0 Å². The second kappa shape index (κ2) is 6.27. The fourth-order valence-corrected chi connectivity index (χ4v) is 2.31. The molecule has 3 nitrogen and oxygen atoms in total. The molecule has 0 aliphatic heterocycles. The molecule has 0 radical (unpaired) electrons. The molecule has 2 N–H and O–H groups in total. The van der Waals surface area contributed by atoms with Crippen LogP contribution in [0.4, 0.5) is 0 Å². The first-order valence-electron chi connectivity index (χ1n) is 6.13. The van der Waals surface area contributed by atoms with Crippen molar-refractivity contribution < 1.29 is 5.11 Å². The summed E-state index contributed by atoms with van der Waals surface area (Å²) in [7, 11) is 0. The highest BCUT2D eigenvalue weighted by molar-refractivity contribution is 9.10. The summed E-state index contributed by atoms with van der Waals surface area (Å²) >= 11 is 3.53. The average molecular weight is 309 g/mol. The van der Waals surface area contributed by atoms with E-state index in [0.717, 1.165) is 33.9 Å². The Balaban J connectivity index is 2.16. The number of fused-ring (bicyclic) bond motifs is 1. The van der Waals surface area contributed by atoms with Crippen LogP contribution < -0.4 is 5.32 Å². The first-order valence-corrected chi connectivity index (χ1v) is 6.92. The molecule has 96 valence electrons. The highest BCUT2D eigenvalue weighted by atomic mass is 79.9. The van der Waals surface area contributed by atoms with E-state index in [4.69, 9.17) is 0 Å². The first-order chi connectivity index (χ1) is 8.72. The summed E-state index contributed by atoms with van der Waals surface area (Å²) in [6, 6.07) is 8.09. The number of aliphatic hydroxyl groups is 1. The quantitative estimate of drug-likeness (QED) is 0.893. The molecule has 1 atom stereocenters. The fraction of sp³-hybridized carbons (Fsp3) is 0.357. The van der Waals surface area contributed by atoms with Crippen LogP contribution in [0.2, 0.25) is 0 Å². The molecule has 4 heteroatoms. The molecule has 2 rings (SSSR count). The first kappa shape index (κ1) is 13.5. The molecule has 0 saturated heterocycles. The smallest absolute Gasteiger partial charge is 0.0758 e. The molecule has 0 aliphatic rings. The van der Waals surface area contributed by atoms with Crippen LogP contribution in [0.5, 0.6) is 0 Å². The molecule has 0 amide bonds. The van der Waals surface area contributed by atoms with Gasteiger partial charge in [-0.1, -0.05) is 35.0 Å². The predicted octanol–water partition coefficient (Wildman–Crippen LogP) is 2.86. The Morgan fingerprint density at radius 2 is 2.22 bits per heavy atom. The Morgan fingerprint density at radius 1 is 1.39 bits per heavy atom. The zero-order valence-electron chi connectivity index (χ0n) is 10.4. The summed E-state index contributed by atoms with van der Waals surface area (Å²) in [6.07, 6.45) is 2.30. The number of pyridine rings is 1. The third kappa shape index (κ3) is 3.07. The minimum atomic E-state index is -0.278. The van der Waals surface area contributed by atoms with E-state index in [1.165, 1.54) is 0 Å². The van der Waals surface area contributed by atoms with Gasteiger partial charge in [-0.3, -0.25) is 4.98 Å². The van der Waals surface area contributed by atoms with Gasteiger partial charge in [-0.15, -0.1) is 0 Å².